The van der Waals surface area contributed by atoms with E-state index in [9.17, 15) is 0 Å². The summed E-state index contributed by atoms with van der Waals surface area (Å²) in [6.45, 7) is 0. The van der Waals surface area contributed by atoms with Crippen molar-refractivity contribution >= 4 is 56.6 Å². The van der Waals surface area contributed by atoms with Crippen molar-refractivity contribution in [1.29, 1.82) is 0 Å². The van der Waals surface area contributed by atoms with Crippen LogP contribution in [-0.2, 0) is 0 Å². The van der Waals surface area contributed by atoms with Crippen LogP contribution in [0.15, 0.2) is 0 Å². The van der Waals surface area contributed by atoms with E-state index in [2.05, 4.69) is 0 Å². The normalized spacial score (nSPS) is 9.67. The Balaban J connectivity index is 3.01. The first kappa shape index (κ1) is 12.5. The van der Waals surface area contributed by atoms with E-state index in [1.807, 2.05) is 0 Å². The largest absolute Gasteiger partial charge is 0.385 e. The summed E-state index contributed by atoms with van der Waals surface area (Å²) in [7, 11) is 0. The van der Waals surface area contributed by atoms with E-state index in [-0.39, 0.29) is 0 Å². The van der Waals surface area contributed by atoms with Crippen molar-refractivity contribution in [3.05, 3.63) is 0 Å². The van der Waals surface area contributed by atoms with Crippen molar-refractivity contribution in [3.63, 3.8) is 0 Å². The Morgan fingerprint density at radius 2 is 1.25 bits per heavy atom. The van der Waals surface area contributed by atoms with Gasteiger partial charge in [0.1, 0.15) is 8.64 Å². The lowest BCUT2D eigenvalue weighted by atomic mass is 10.4. The van der Waals surface area contributed by atoms with Crippen molar-refractivity contribution in [1.82, 2.24) is 0 Å². The number of unbranched alkanes of at least 4 members (excludes halogenated alkanes) is 1. The van der Waals surface area contributed by atoms with Gasteiger partial charge in [0.15, 0.2) is 0 Å². The maximum atomic E-state index is 5.30. The first-order valence-corrected chi connectivity index (χ1v) is 6.26. The van der Waals surface area contributed by atoms with E-state index in [1.54, 1.807) is 0 Å². The molecule has 0 unspecified atom stereocenters. The monoisotopic (exact) mass is 240 g/mol. The van der Waals surface area contributed by atoms with E-state index in [0.29, 0.717) is 8.64 Å². The molecule has 4 N–H and O–H groups in total. The molecule has 2 nitrogen and oxygen atoms in total. The lowest BCUT2D eigenvalue weighted by molar-refractivity contribution is 0.911. The van der Waals surface area contributed by atoms with Gasteiger partial charge in [0, 0.05) is 11.5 Å². The Hall–Kier alpha value is 0.480. The molecule has 0 aromatic carbocycles. The lowest BCUT2D eigenvalue weighted by Gasteiger charge is -1.99. The molecule has 0 saturated heterocycles. The van der Waals surface area contributed by atoms with Gasteiger partial charge in [-0.25, -0.2) is 0 Å². The van der Waals surface area contributed by atoms with Crippen molar-refractivity contribution in [2.75, 3.05) is 11.5 Å². The molecule has 0 radical (unpaired) electrons. The number of rotatable bonds is 5. The SMILES string of the molecule is NC(=S)SCCCCSC(N)=S. The van der Waals surface area contributed by atoms with Crippen molar-refractivity contribution < 1.29 is 0 Å². The van der Waals surface area contributed by atoms with Gasteiger partial charge in [-0.05, 0) is 12.8 Å². The van der Waals surface area contributed by atoms with Crippen LogP contribution >= 0.6 is 48.0 Å². The Kier molecular flexibility index (Phi) is 8.42. The zero-order chi connectivity index (χ0) is 9.40. The number of thioether (sulfide) groups is 2. The van der Waals surface area contributed by atoms with Crippen molar-refractivity contribution in [2.45, 2.75) is 12.8 Å². The fourth-order valence-corrected chi connectivity index (χ4v) is 2.15. The van der Waals surface area contributed by atoms with Crippen LogP contribution < -0.4 is 11.5 Å². The first-order chi connectivity index (χ1) is 5.63. The van der Waals surface area contributed by atoms with Crippen LogP contribution in [0, 0.1) is 0 Å². The molecule has 0 aliphatic heterocycles. The number of hydrogen-bond donors (Lipinski definition) is 2. The van der Waals surface area contributed by atoms with E-state index < -0.39 is 0 Å². The van der Waals surface area contributed by atoms with Gasteiger partial charge in [-0.1, -0.05) is 48.0 Å². The highest BCUT2D eigenvalue weighted by Crippen LogP contribution is 2.08. The minimum atomic E-state index is 0.525. The molecule has 0 spiro atoms. The van der Waals surface area contributed by atoms with E-state index in [4.69, 9.17) is 35.9 Å². The minimum Gasteiger partial charge on any atom is -0.385 e. The Morgan fingerprint density at radius 3 is 1.50 bits per heavy atom. The molecule has 0 rings (SSSR count). The van der Waals surface area contributed by atoms with Gasteiger partial charge >= 0.3 is 0 Å². The molecule has 0 bridgehead atoms. The molecule has 70 valence electrons. The zero-order valence-electron chi connectivity index (χ0n) is 6.62. The van der Waals surface area contributed by atoms with Crippen LogP contribution in [0.25, 0.3) is 0 Å². The second kappa shape index (κ2) is 8.10. The van der Waals surface area contributed by atoms with Gasteiger partial charge in [0.2, 0.25) is 0 Å². The summed E-state index contributed by atoms with van der Waals surface area (Å²) in [5.41, 5.74) is 10.6. The highest BCUT2D eigenvalue weighted by molar-refractivity contribution is 8.23. The summed E-state index contributed by atoms with van der Waals surface area (Å²) in [5.74, 6) is 1.99. The molecule has 0 amide bonds. The molecule has 0 fully saturated rings. The first-order valence-electron chi connectivity index (χ1n) is 3.47. The molecular formula is C6H12N2S4. The number of nitrogens with two attached hydrogens (primary N) is 2. The van der Waals surface area contributed by atoms with Crippen LogP contribution in [0.3, 0.4) is 0 Å². The average molecular weight is 240 g/mol. The molecule has 0 aromatic heterocycles. The topological polar surface area (TPSA) is 52.0 Å². The highest BCUT2D eigenvalue weighted by Gasteiger charge is 1.93. The smallest absolute Gasteiger partial charge is 0.131 e. The Bertz CT molecular complexity index is 142. The summed E-state index contributed by atoms with van der Waals surface area (Å²) in [5, 5.41) is 0. The van der Waals surface area contributed by atoms with Gasteiger partial charge in [0.25, 0.3) is 0 Å². The third kappa shape index (κ3) is 10.5. The fourth-order valence-electron chi connectivity index (χ4n) is 0.550. The van der Waals surface area contributed by atoms with Crippen LogP contribution in [0.4, 0.5) is 0 Å². The van der Waals surface area contributed by atoms with Crippen LogP contribution in [-0.4, -0.2) is 20.1 Å². The molecule has 0 aliphatic rings. The Labute approximate surface area is 92.2 Å². The Morgan fingerprint density at radius 1 is 0.917 bits per heavy atom. The van der Waals surface area contributed by atoms with E-state index in [1.165, 1.54) is 23.5 Å². The standard InChI is InChI=1S/C6H12N2S4/c7-5(9)11-3-1-2-4-12-6(8)10/h1-4H2,(H2,7,9)(H2,8,10). The average Bonchev–Trinajstić information content (AvgIpc) is 1.95. The molecule has 0 aromatic rings. The summed E-state index contributed by atoms with van der Waals surface area (Å²) >= 11 is 12.5. The molecule has 0 atom stereocenters. The fraction of sp³-hybridized carbons (Fsp3) is 0.667. The second-order valence-corrected chi connectivity index (χ2v) is 5.71. The summed E-state index contributed by atoms with van der Waals surface area (Å²) < 4.78 is 1.05. The van der Waals surface area contributed by atoms with Crippen LogP contribution in [0.2, 0.25) is 0 Å². The predicted molar refractivity (Wildman–Crippen MR) is 67.7 cm³/mol. The minimum absolute atomic E-state index is 0.525. The van der Waals surface area contributed by atoms with E-state index >= 15 is 0 Å². The number of hydrogen-bond acceptors (Lipinski definition) is 4. The summed E-state index contributed by atoms with van der Waals surface area (Å²) in [6.07, 6.45) is 2.22. The van der Waals surface area contributed by atoms with Crippen molar-refractivity contribution in [2.24, 2.45) is 11.5 Å². The molecule has 0 aliphatic carbocycles. The van der Waals surface area contributed by atoms with Gasteiger partial charge in [0.05, 0.1) is 0 Å². The molecule has 0 saturated carbocycles. The molecule has 6 heteroatoms. The molecular weight excluding hydrogens is 228 g/mol. The third-order valence-electron chi connectivity index (χ3n) is 1.03. The maximum absolute atomic E-state index is 5.30. The van der Waals surface area contributed by atoms with Gasteiger partial charge in [-0.3, -0.25) is 0 Å². The van der Waals surface area contributed by atoms with E-state index in [0.717, 1.165) is 24.3 Å². The highest BCUT2D eigenvalue weighted by atomic mass is 32.2. The van der Waals surface area contributed by atoms with Gasteiger partial charge in [-0.2, -0.15) is 0 Å². The summed E-state index contributed by atoms with van der Waals surface area (Å²) in [4.78, 5) is 0. The zero-order valence-corrected chi connectivity index (χ0v) is 9.88. The van der Waals surface area contributed by atoms with Gasteiger partial charge < -0.3 is 11.5 Å². The molecule has 0 heterocycles. The van der Waals surface area contributed by atoms with Crippen LogP contribution in [0.1, 0.15) is 12.8 Å². The van der Waals surface area contributed by atoms with Gasteiger partial charge in [-0.15, -0.1) is 0 Å². The maximum Gasteiger partial charge on any atom is 0.131 e. The predicted octanol–water partition coefficient (Wildman–Crippen LogP) is 1.72. The van der Waals surface area contributed by atoms with Crippen LogP contribution in [0.5, 0.6) is 0 Å². The lowest BCUT2D eigenvalue weighted by Crippen LogP contribution is -2.04. The number of thiocarbonyl (C=S) groups is 2. The second-order valence-electron chi connectivity index (χ2n) is 2.04. The van der Waals surface area contributed by atoms with Crippen molar-refractivity contribution in [3.8, 4) is 0 Å². The molecule has 12 heavy (non-hydrogen) atoms. The summed E-state index contributed by atoms with van der Waals surface area (Å²) in [6, 6.07) is 0. The quantitative estimate of drug-likeness (QED) is 0.564. The third-order valence-corrected chi connectivity index (χ3v) is 3.29.